The van der Waals surface area contributed by atoms with Gasteiger partial charge in [-0.15, -0.1) is 0 Å². The minimum absolute atomic E-state index is 1.04. The number of hydrogen-bond acceptors (Lipinski definition) is 0. The van der Waals surface area contributed by atoms with Gasteiger partial charge in [-0.3, -0.25) is 7.56 Å². The van der Waals surface area contributed by atoms with E-state index < -0.39 is 301 Å². The summed E-state index contributed by atoms with van der Waals surface area (Å²) in [4.78, 5) is 0. The van der Waals surface area contributed by atoms with Crippen LogP contribution in [0, 0.1) is 0 Å². The van der Waals surface area contributed by atoms with E-state index in [9.17, 15) is 0 Å². The fraction of sp³-hybridized carbons (Fsp3) is 0. The number of hydrogen-bond donors (Lipinski definition) is 0. The van der Waals surface area contributed by atoms with E-state index in [0.29, 0.717) is 0 Å². The Balaban J connectivity index is 14.4. The van der Waals surface area contributed by atoms with Crippen LogP contribution in [0.25, 0.3) is 0 Å². The third-order valence-electron chi connectivity index (χ3n) is 20.1. The molecular weight excluding hydrogens is 1070 g/mol. The van der Waals surface area contributed by atoms with E-state index >= 15 is 0 Å². The van der Waals surface area contributed by atoms with Crippen LogP contribution in [0.1, 0.15) is 0 Å². The van der Waals surface area contributed by atoms with Gasteiger partial charge in [0.2, 0.25) is 0 Å². The molecule has 0 saturated carbocycles. The van der Waals surface area contributed by atoms with Gasteiger partial charge in [0.05, 0.1) is 18.6 Å². The Labute approximate surface area is 679 Å². The van der Waals surface area contributed by atoms with Crippen molar-refractivity contribution in [2.45, 2.75) is 0 Å². The van der Waals surface area contributed by atoms with Gasteiger partial charge in [-0.1, -0.05) is 0 Å². The molecule has 0 saturated heterocycles. The zero-order valence-corrected chi connectivity index (χ0v) is 56.8. The topological polar surface area (TPSA) is 0 Å². The fourth-order valence-electron chi connectivity index (χ4n) is 16.6. The van der Waals surface area contributed by atoms with Gasteiger partial charge in [-0.05, 0) is 0 Å². The van der Waals surface area contributed by atoms with Gasteiger partial charge >= 0.3 is 0 Å². The molecule has 0 spiro atoms. The second kappa shape index (κ2) is 48.0. The molecule has 0 unspecified atom stereocenters. The molecule has 0 fully saturated rings. The summed E-state index contributed by atoms with van der Waals surface area (Å²) in [5, 5.41) is 0. The maximum Gasteiger partial charge on any atom is 0.0527 e. The summed E-state index contributed by atoms with van der Waals surface area (Å²) >= 11 is 0. The Bertz CT molecular complexity index is 1620. The number of rotatable bonds is 47. The van der Waals surface area contributed by atoms with Crippen molar-refractivity contribution in [2.24, 2.45) is 0 Å². The minimum atomic E-state index is -3.69. The molecule has 0 heterocycles. The van der Waals surface area contributed by atoms with Gasteiger partial charge in [0, 0.05) is 661 Å². The van der Waals surface area contributed by atoms with Crippen LogP contribution in [0.2, 0.25) is 0 Å². The van der Waals surface area contributed by atoms with E-state index in [2.05, 4.69) is 0 Å². The normalized spacial score (nSPS) is 9.91. The Morgan fingerprint density at radius 1 is 0.124 bits per heavy atom. The van der Waals surface area contributed by atoms with Gasteiger partial charge in [0.15, 0.2) is 0 Å². The summed E-state index contributed by atoms with van der Waals surface area (Å²) in [5.41, 5.74) is 0. The first-order valence-corrected chi connectivity index (χ1v) is 33.3. The van der Waals surface area contributed by atoms with Crippen molar-refractivity contribution in [3.8, 4) is 0 Å². The average molecular weight is 1070 g/mol. The molecule has 0 aliphatic rings. The maximum atomic E-state index is 7.24. The second-order valence-electron chi connectivity index (χ2n) is 26.9. The quantitative estimate of drug-likeness (QED) is 0.0421. The van der Waals surface area contributed by atoms with Gasteiger partial charge in [0.25, 0.3) is 0 Å². The highest BCUT2D eigenvalue weighted by molar-refractivity contribution is 8.65. The van der Waals surface area contributed by atoms with Crippen LogP contribution in [0.5, 0.6) is 0 Å². The van der Waals surface area contributed by atoms with E-state index in [1.165, 1.54) is 0 Å². The molecule has 0 bridgehead atoms. The summed E-state index contributed by atoms with van der Waals surface area (Å²) in [6.45, 7) is 0. The minimum Gasteiger partial charge on any atom is -0.253 e. The highest BCUT2D eigenvalue weighted by atomic mass is 31.1. The summed E-state index contributed by atoms with van der Waals surface area (Å²) in [6, 6.07) is 0. The molecule has 0 atom stereocenters. The molecule has 97 heteroatoms. The summed E-state index contributed by atoms with van der Waals surface area (Å²) < 4.78 is 0. The zero-order chi connectivity index (χ0) is 76.8. The van der Waals surface area contributed by atoms with Crippen LogP contribution < -0.4 is 0 Å². The lowest BCUT2D eigenvalue weighted by molar-refractivity contribution is 3.20. The van der Waals surface area contributed by atoms with Crippen LogP contribution in [0.4, 0.5) is 0 Å². The van der Waals surface area contributed by atoms with E-state index in [1.807, 2.05) is 0 Å². The van der Waals surface area contributed by atoms with E-state index in [4.69, 9.17) is 379 Å². The average Bonchev–Trinajstić information content (AvgIpc) is 3.37. The molecule has 0 amide bonds. The summed E-state index contributed by atoms with van der Waals surface area (Å²) in [5.74, 6) is 0. The Kier molecular flexibility index (Phi) is 51.3. The van der Waals surface area contributed by atoms with E-state index in [1.54, 1.807) is 0 Å². The molecule has 0 rings (SSSR count). The molecule has 0 nitrogen and oxygen atoms in total. The Morgan fingerprint density at radius 2 is 0.216 bits per heavy atom. The lowest BCUT2D eigenvalue weighted by atomic mass is 8.35. The molecule has 0 N–H and O–H groups in total. The fourth-order valence-corrected chi connectivity index (χ4v) is 22.5. The predicted octanol–water partition coefficient (Wildman–Crippen LogP) is -35.7. The van der Waals surface area contributed by atoms with Crippen LogP contribution >= 0.6 is 7.56 Å². The van der Waals surface area contributed by atoms with Gasteiger partial charge in [-0.25, -0.2) is 0 Å². The largest absolute Gasteiger partial charge is 0.253 e. The molecule has 0 aromatic rings. The van der Waals surface area contributed by atoms with Crippen molar-refractivity contribution in [1.82, 2.24) is 0 Å². The first-order valence-electron chi connectivity index (χ1n) is 31.8. The van der Waals surface area contributed by atoms with Crippen LogP contribution in [-0.2, 0) is 0 Å². The van der Waals surface area contributed by atoms with E-state index in [-0.39, 0.29) is 0 Å². The monoisotopic (exact) mass is 1090 g/mol. The zero-order valence-electron chi connectivity index (χ0n) is 55.9. The molecule has 0 aromatic heterocycles. The first-order chi connectivity index (χ1) is 44.2. The summed E-state index contributed by atoms with van der Waals surface area (Å²) in [6.07, 6.45) is -84.3. The van der Waals surface area contributed by atoms with Gasteiger partial charge < -0.3 is 0 Å². The molecule has 0 aliphatic carbocycles. The predicted molar refractivity (Wildman–Crippen MR) is 559 cm³/mol. The van der Waals surface area contributed by atoms with Crippen molar-refractivity contribution < 1.29 is 0 Å². The van der Waals surface area contributed by atoms with Crippen LogP contribution in [0.15, 0.2) is 0 Å². The molecule has 0 aliphatic heterocycles. The second-order valence-corrected chi connectivity index (χ2v) is 29.6. The molecular formula is B96P. The molecule has 99 radical (unpaired) electrons. The maximum absolute atomic E-state index is 7.24. The van der Waals surface area contributed by atoms with E-state index in [0.717, 1.165) is 7.06 Å². The third kappa shape index (κ3) is 28.0. The lowest BCUT2D eigenvalue weighted by Gasteiger charge is -2.64. The highest BCUT2D eigenvalue weighted by Gasteiger charge is 2.67. The Morgan fingerprint density at radius 3 is 0.289 bits per heavy atom. The van der Waals surface area contributed by atoms with Crippen molar-refractivity contribution >= 4 is 687 Å². The molecule has 0 aromatic carbocycles. The Hall–Kier alpha value is 6.66. The third-order valence-corrected chi connectivity index (χ3v) is 24.2. The van der Waals surface area contributed by atoms with Crippen molar-refractivity contribution in [3.05, 3.63) is 0 Å². The van der Waals surface area contributed by atoms with Gasteiger partial charge in [-0.2, -0.15) is 0 Å². The highest BCUT2D eigenvalue weighted by Crippen LogP contribution is 2.53. The van der Waals surface area contributed by atoms with Crippen molar-refractivity contribution in [1.29, 1.82) is 0 Å². The van der Waals surface area contributed by atoms with Crippen LogP contribution in [0.3, 0.4) is 0 Å². The first kappa shape index (κ1) is 104. The van der Waals surface area contributed by atoms with Crippen molar-refractivity contribution in [2.75, 3.05) is 0 Å². The van der Waals surface area contributed by atoms with Gasteiger partial charge in [0.1, 0.15) is 0 Å². The molecule has 293 valence electrons. The summed E-state index contributed by atoms with van der Waals surface area (Å²) in [7, 11) is 345. The van der Waals surface area contributed by atoms with Crippen molar-refractivity contribution in [3.63, 3.8) is 0 Å². The smallest absolute Gasteiger partial charge is 0.0527 e. The SMILES string of the molecule is [B][B]B(B([B])[B])B(B([B])[B])B(B(B([B])[B])B([B])[B])B(B(B(B([B])[B])B([B])[B])B(B([B])[B])B([B])[B])P(B(B(B(B([B])[B])B([B])[B])B(B([B])[B])B([B])[B])B(B(B([B])[B])B([B])[B])B(B([B])[B])B([B])[B])B(B(B(B([B])[B])B([B])[B])B(B([B])[B])B([B])[B])B(B(B([B])[B])B([B])[B])B(B([B])[B])B([B])[B]. The lowest BCUT2D eigenvalue weighted by Crippen LogP contribution is -2.93. The standard InChI is InChI=1S/B96P/c1-50-75(51(2)3)87(74(48)49)93(86(72(44)45)73(46)47)96(92(84(68(36)37)69(38)39)85(70(40)41)71(42)43)97(94(88(76(52(4)5)53(6)7)77(54(8)9)55(10)11)89(78(56(12)13)57(14)15)79(58(16)17)59(18)19)95(90(80(60(20)21)61(22)23)81(62(24)25)63(26)27)91(82(64(28)29)65(30)31)83(66(32)33)67(34)35. The molecule has 97 heavy (non-hydrogen) atoms. The van der Waals surface area contributed by atoms with Crippen LogP contribution in [-0.4, -0.2) is 679 Å².